The van der Waals surface area contributed by atoms with Gasteiger partial charge in [-0.2, -0.15) is 4.37 Å². The molecule has 1 aromatic carbocycles. The van der Waals surface area contributed by atoms with Gasteiger partial charge < -0.3 is 20.3 Å². The lowest BCUT2D eigenvalue weighted by molar-refractivity contribution is 0.102. The average molecular weight is 332 g/mol. The number of aromatic nitrogens is 1. The first-order valence-corrected chi connectivity index (χ1v) is 8.34. The van der Waals surface area contributed by atoms with Crippen LogP contribution in [-0.4, -0.2) is 43.6 Å². The van der Waals surface area contributed by atoms with E-state index in [1.165, 1.54) is 11.5 Å². The van der Waals surface area contributed by atoms with Gasteiger partial charge in [-0.15, -0.1) is 0 Å². The summed E-state index contributed by atoms with van der Waals surface area (Å²) >= 11 is 1.30. The lowest BCUT2D eigenvalue weighted by Crippen LogP contribution is -2.36. The predicted octanol–water partition coefficient (Wildman–Crippen LogP) is 2.58. The Balaban J connectivity index is 1.70. The highest BCUT2D eigenvalue weighted by atomic mass is 32.1. The third-order valence-electron chi connectivity index (χ3n) is 3.82. The number of amides is 1. The van der Waals surface area contributed by atoms with E-state index >= 15 is 0 Å². The number of carbonyl (C=O) groups excluding carboxylic acids is 1. The van der Waals surface area contributed by atoms with Crippen molar-refractivity contribution in [3.05, 3.63) is 35.5 Å². The van der Waals surface area contributed by atoms with Gasteiger partial charge in [0.1, 0.15) is 5.00 Å². The second-order valence-corrected chi connectivity index (χ2v) is 6.10. The number of aryl methyl sites for hydroxylation is 1. The molecule has 1 aromatic heterocycles. The largest absolute Gasteiger partial charge is 0.378 e. The van der Waals surface area contributed by atoms with Crippen LogP contribution < -0.4 is 15.5 Å². The van der Waals surface area contributed by atoms with Crippen molar-refractivity contribution in [2.75, 3.05) is 48.9 Å². The molecule has 0 spiro atoms. The maximum absolute atomic E-state index is 12.5. The Labute approximate surface area is 139 Å². The van der Waals surface area contributed by atoms with Crippen molar-refractivity contribution in [1.82, 2.24) is 4.37 Å². The maximum atomic E-state index is 12.5. The van der Waals surface area contributed by atoms with Crippen molar-refractivity contribution in [2.45, 2.75) is 6.92 Å². The summed E-state index contributed by atoms with van der Waals surface area (Å²) in [7, 11) is 1.79. The van der Waals surface area contributed by atoms with Crippen LogP contribution in [0.2, 0.25) is 0 Å². The topological polar surface area (TPSA) is 66.5 Å². The number of benzene rings is 1. The van der Waals surface area contributed by atoms with Crippen LogP contribution in [0.25, 0.3) is 0 Å². The van der Waals surface area contributed by atoms with Gasteiger partial charge in [-0.3, -0.25) is 4.79 Å². The predicted molar refractivity (Wildman–Crippen MR) is 93.8 cm³/mol. The van der Waals surface area contributed by atoms with Crippen LogP contribution in [0, 0.1) is 6.92 Å². The number of anilines is 3. The fourth-order valence-corrected chi connectivity index (χ4v) is 3.32. The third kappa shape index (κ3) is 3.46. The standard InChI is InChI=1S/C16H20N4O2S/c1-11-14(16(17-2)23-19-11)15(21)18-12-3-5-13(6-4-12)20-7-9-22-10-8-20/h3-6,17H,7-10H2,1-2H3,(H,18,21). The zero-order chi connectivity index (χ0) is 16.2. The number of hydrogen-bond donors (Lipinski definition) is 2. The van der Waals surface area contributed by atoms with Crippen LogP contribution in [0.15, 0.2) is 24.3 Å². The lowest BCUT2D eigenvalue weighted by atomic mass is 10.2. The van der Waals surface area contributed by atoms with E-state index in [1.807, 2.05) is 31.2 Å². The first-order valence-electron chi connectivity index (χ1n) is 7.57. The van der Waals surface area contributed by atoms with Gasteiger partial charge in [-0.05, 0) is 42.7 Å². The fourth-order valence-electron chi connectivity index (χ4n) is 2.58. The van der Waals surface area contributed by atoms with Crippen LogP contribution in [0.1, 0.15) is 16.1 Å². The van der Waals surface area contributed by atoms with E-state index in [1.54, 1.807) is 7.05 Å². The third-order valence-corrected chi connectivity index (χ3v) is 4.77. The normalized spacial score (nSPS) is 14.6. The molecule has 0 unspecified atom stereocenters. The van der Waals surface area contributed by atoms with Gasteiger partial charge >= 0.3 is 0 Å². The van der Waals surface area contributed by atoms with Crippen molar-refractivity contribution in [3.63, 3.8) is 0 Å². The number of morpholine rings is 1. The molecule has 2 aromatic rings. The molecule has 0 saturated carbocycles. The minimum Gasteiger partial charge on any atom is -0.378 e. The molecule has 0 radical (unpaired) electrons. The number of rotatable bonds is 4. The van der Waals surface area contributed by atoms with Crippen molar-refractivity contribution in [1.29, 1.82) is 0 Å². The minimum absolute atomic E-state index is 0.139. The summed E-state index contributed by atoms with van der Waals surface area (Å²) in [5.41, 5.74) is 3.27. The quantitative estimate of drug-likeness (QED) is 0.901. The van der Waals surface area contributed by atoms with Crippen LogP contribution in [0.3, 0.4) is 0 Å². The summed E-state index contributed by atoms with van der Waals surface area (Å²) < 4.78 is 9.59. The molecule has 2 heterocycles. The van der Waals surface area contributed by atoms with Crippen LogP contribution in [0.5, 0.6) is 0 Å². The van der Waals surface area contributed by atoms with Gasteiger partial charge in [0.05, 0.1) is 24.5 Å². The van der Waals surface area contributed by atoms with Gasteiger partial charge in [-0.25, -0.2) is 0 Å². The molecular weight excluding hydrogens is 312 g/mol. The highest BCUT2D eigenvalue weighted by Gasteiger charge is 2.18. The van der Waals surface area contributed by atoms with E-state index in [0.717, 1.165) is 48.4 Å². The molecular formula is C16H20N4O2S. The van der Waals surface area contributed by atoms with E-state index in [0.29, 0.717) is 5.56 Å². The summed E-state index contributed by atoms with van der Waals surface area (Å²) in [6.07, 6.45) is 0. The molecule has 1 aliphatic heterocycles. The number of hydrogen-bond acceptors (Lipinski definition) is 6. The summed E-state index contributed by atoms with van der Waals surface area (Å²) in [6, 6.07) is 7.91. The fraction of sp³-hybridized carbons (Fsp3) is 0.375. The molecule has 0 aliphatic carbocycles. The molecule has 0 bridgehead atoms. The van der Waals surface area contributed by atoms with E-state index in [-0.39, 0.29) is 5.91 Å². The van der Waals surface area contributed by atoms with Crippen molar-refractivity contribution in [3.8, 4) is 0 Å². The Kier molecular flexibility index (Phi) is 4.78. The Hall–Kier alpha value is -2.12. The Morgan fingerprint density at radius 3 is 2.61 bits per heavy atom. The lowest BCUT2D eigenvalue weighted by Gasteiger charge is -2.28. The van der Waals surface area contributed by atoms with Crippen molar-refractivity contribution in [2.24, 2.45) is 0 Å². The van der Waals surface area contributed by atoms with Gasteiger partial charge in [0.2, 0.25) is 0 Å². The summed E-state index contributed by atoms with van der Waals surface area (Å²) in [4.78, 5) is 14.7. The average Bonchev–Trinajstić information content (AvgIpc) is 2.97. The Bertz CT molecular complexity index is 678. The molecule has 2 N–H and O–H groups in total. The molecule has 122 valence electrons. The Morgan fingerprint density at radius 2 is 1.96 bits per heavy atom. The highest BCUT2D eigenvalue weighted by molar-refractivity contribution is 7.10. The molecule has 7 heteroatoms. The maximum Gasteiger partial charge on any atom is 0.260 e. The SMILES string of the molecule is CNc1snc(C)c1C(=O)Nc1ccc(N2CCOCC2)cc1. The van der Waals surface area contributed by atoms with E-state index in [9.17, 15) is 4.79 Å². The summed E-state index contributed by atoms with van der Waals surface area (Å²) in [5.74, 6) is -0.139. The van der Waals surface area contributed by atoms with Crippen LogP contribution in [-0.2, 0) is 4.74 Å². The van der Waals surface area contributed by atoms with E-state index < -0.39 is 0 Å². The first-order chi connectivity index (χ1) is 11.2. The van der Waals surface area contributed by atoms with Crippen LogP contribution in [0.4, 0.5) is 16.4 Å². The monoisotopic (exact) mass is 332 g/mol. The molecule has 23 heavy (non-hydrogen) atoms. The highest BCUT2D eigenvalue weighted by Crippen LogP contribution is 2.25. The van der Waals surface area contributed by atoms with Crippen molar-refractivity contribution < 1.29 is 9.53 Å². The molecule has 3 rings (SSSR count). The van der Waals surface area contributed by atoms with Crippen LogP contribution >= 0.6 is 11.5 Å². The van der Waals surface area contributed by atoms with Crippen molar-refractivity contribution >= 4 is 33.8 Å². The number of ether oxygens (including phenoxy) is 1. The van der Waals surface area contributed by atoms with E-state index in [4.69, 9.17) is 4.74 Å². The molecule has 1 fully saturated rings. The molecule has 1 saturated heterocycles. The molecule has 0 atom stereocenters. The first kappa shape index (κ1) is 15.8. The van der Waals surface area contributed by atoms with Gasteiger partial charge in [-0.1, -0.05) is 0 Å². The number of nitrogens with one attached hydrogen (secondary N) is 2. The zero-order valence-corrected chi connectivity index (χ0v) is 14.1. The number of carbonyl (C=O) groups is 1. The molecule has 1 amide bonds. The molecule has 6 nitrogen and oxygen atoms in total. The minimum atomic E-state index is -0.139. The smallest absolute Gasteiger partial charge is 0.260 e. The zero-order valence-electron chi connectivity index (χ0n) is 13.3. The van der Waals surface area contributed by atoms with Gasteiger partial charge in [0.15, 0.2) is 0 Å². The second-order valence-electron chi connectivity index (χ2n) is 5.32. The second kappa shape index (κ2) is 6.97. The number of nitrogens with zero attached hydrogens (tertiary/aromatic N) is 2. The summed E-state index contributed by atoms with van der Waals surface area (Å²) in [6.45, 7) is 5.16. The van der Waals surface area contributed by atoms with Gasteiger partial charge in [0, 0.05) is 31.5 Å². The summed E-state index contributed by atoms with van der Waals surface area (Å²) in [5, 5.41) is 6.73. The molecule has 1 aliphatic rings. The Morgan fingerprint density at radius 1 is 1.26 bits per heavy atom. The van der Waals surface area contributed by atoms with Gasteiger partial charge in [0.25, 0.3) is 5.91 Å². The van der Waals surface area contributed by atoms with E-state index in [2.05, 4.69) is 19.9 Å².